The molecule has 4 nitrogen and oxygen atoms in total. The molecule has 0 aliphatic heterocycles. The number of carbonyl (C=O) groups is 1. The summed E-state index contributed by atoms with van der Waals surface area (Å²) in [4.78, 5) is 11.6. The van der Waals surface area contributed by atoms with Gasteiger partial charge in [-0.3, -0.25) is 4.79 Å². The fourth-order valence-electron chi connectivity index (χ4n) is 1.65. The van der Waals surface area contributed by atoms with E-state index in [2.05, 4.69) is 4.74 Å². The van der Waals surface area contributed by atoms with Crippen LogP contribution in [0.4, 0.5) is 0 Å². The highest BCUT2D eigenvalue weighted by Crippen LogP contribution is 2.30. The molecule has 0 radical (unpaired) electrons. The van der Waals surface area contributed by atoms with Crippen molar-refractivity contribution < 1.29 is 14.3 Å². The summed E-state index contributed by atoms with van der Waals surface area (Å²) in [6.45, 7) is 1.53. The van der Waals surface area contributed by atoms with Gasteiger partial charge in [0, 0.05) is 11.4 Å². The minimum absolute atomic E-state index is 0.180. The Balaban J connectivity index is 3.13. The van der Waals surface area contributed by atoms with Gasteiger partial charge in [0.05, 0.1) is 20.3 Å². The van der Waals surface area contributed by atoms with E-state index in [1.807, 2.05) is 6.07 Å². The monoisotopic (exact) mass is 267 g/mol. The van der Waals surface area contributed by atoms with Crippen LogP contribution in [0, 0.1) is 16.7 Å². The molecule has 1 rings (SSSR count). The first-order valence-corrected chi connectivity index (χ1v) is 5.66. The second-order valence-electron chi connectivity index (χ2n) is 4.07. The Morgan fingerprint density at radius 1 is 1.50 bits per heavy atom. The molecule has 0 aliphatic carbocycles. The molecule has 0 aliphatic rings. The summed E-state index contributed by atoms with van der Waals surface area (Å²) in [5.74, 6) is 0.0109. The highest BCUT2D eigenvalue weighted by molar-refractivity contribution is 6.30. The predicted molar refractivity (Wildman–Crippen MR) is 67.4 cm³/mol. The van der Waals surface area contributed by atoms with Gasteiger partial charge in [0.1, 0.15) is 5.75 Å². The first-order valence-electron chi connectivity index (χ1n) is 5.29. The van der Waals surface area contributed by atoms with Crippen molar-refractivity contribution in [3.8, 4) is 11.8 Å². The summed E-state index contributed by atoms with van der Waals surface area (Å²) >= 11 is 5.90. The highest BCUT2D eigenvalue weighted by Gasteiger charge is 2.35. The molecule has 0 saturated heterocycles. The van der Waals surface area contributed by atoms with Crippen LogP contribution in [0.15, 0.2) is 18.2 Å². The average molecular weight is 268 g/mol. The van der Waals surface area contributed by atoms with Gasteiger partial charge in [-0.15, -0.1) is 0 Å². The van der Waals surface area contributed by atoms with E-state index in [1.165, 1.54) is 21.1 Å². The molecule has 0 bridgehead atoms. The van der Waals surface area contributed by atoms with Crippen LogP contribution in [-0.2, 0) is 16.0 Å². The van der Waals surface area contributed by atoms with E-state index in [-0.39, 0.29) is 6.42 Å². The smallest absolute Gasteiger partial charge is 0.326 e. The minimum Gasteiger partial charge on any atom is -0.496 e. The molecule has 18 heavy (non-hydrogen) atoms. The van der Waals surface area contributed by atoms with E-state index in [0.29, 0.717) is 16.3 Å². The van der Waals surface area contributed by atoms with Crippen molar-refractivity contribution in [2.24, 2.45) is 5.41 Å². The number of rotatable bonds is 4. The zero-order valence-corrected chi connectivity index (χ0v) is 11.2. The third-order valence-corrected chi connectivity index (χ3v) is 2.90. The molecule has 1 aromatic rings. The van der Waals surface area contributed by atoms with Crippen molar-refractivity contribution in [1.29, 1.82) is 5.26 Å². The molecular formula is C13H14ClNO3. The number of ether oxygens (including phenoxy) is 2. The number of benzene rings is 1. The summed E-state index contributed by atoms with van der Waals surface area (Å²) < 4.78 is 9.83. The lowest BCUT2D eigenvalue weighted by atomic mass is 9.85. The number of esters is 1. The maximum absolute atomic E-state index is 11.6. The number of carbonyl (C=O) groups excluding carboxylic acids is 1. The summed E-state index contributed by atoms with van der Waals surface area (Å²) in [5, 5.41) is 9.68. The lowest BCUT2D eigenvalue weighted by molar-refractivity contribution is -0.148. The second kappa shape index (κ2) is 5.74. The van der Waals surface area contributed by atoms with Crippen molar-refractivity contribution in [3.63, 3.8) is 0 Å². The van der Waals surface area contributed by atoms with Gasteiger partial charge in [-0.05, 0) is 30.7 Å². The molecule has 0 fully saturated rings. The van der Waals surface area contributed by atoms with Gasteiger partial charge in [0.25, 0.3) is 0 Å². The molecule has 0 heterocycles. The van der Waals surface area contributed by atoms with Gasteiger partial charge in [-0.2, -0.15) is 5.26 Å². The Morgan fingerprint density at radius 3 is 2.67 bits per heavy atom. The second-order valence-corrected chi connectivity index (χ2v) is 4.50. The lowest BCUT2D eigenvalue weighted by Gasteiger charge is -2.20. The third kappa shape index (κ3) is 2.93. The van der Waals surface area contributed by atoms with Crippen molar-refractivity contribution in [2.75, 3.05) is 14.2 Å². The number of halogens is 1. The molecule has 1 unspecified atom stereocenters. The first-order chi connectivity index (χ1) is 8.46. The minimum atomic E-state index is -1.26. The molecule has 0 aromatic heterocycles. The van der Waals surface area contributed by atoms with Crippen molar-refractivity contribution >= 4 is 17.6 Å². The summed E-state index contributed by atoms with van der Waals surface area (Å²) in [7, 11) is 2.78. The standard InChI is InChI=1S/C13H14ClNO3/c1-13(8-15,12(16)18-3)7-9-6-10(14)4-5-11(9)17-2/h4-6H,7H2,1-3H3. The van der Waals surface area contributed by atoms with Gasteiger partial charge in [-0.25, -0.2) is 0 Å². The SMILES string of the molecule is COC(=O)C(C)(C#N)Cc1cc(Cl)ccc1OC. The number of hydrogen-bond acceptors (Lipinski definition) is 4. The summed E-state index contributed by atoms with van der Waals surface area (Å²) in [6, 6.07) is 7.04. The van der Waals surface area contributed by atoms with Crippen LogP contribution in [0.2, 0.25) is 5.02 Å². The van der Waals surface area contributed by atoms with E-state index >= 15 is 0 Å². The number of hydrogen-bond donors (Lipinski definition) is 0. The quantitative estimate of drug-likeness (QED) is 0.787. The fourth-order valence-corrected chi connectivity index (χ4v) is 1.84. The molecule has 1 aromatic carbocycles. The number of methoxy groups -OCH3 is 2. The Bertz CT molecular complexity index is 495. The van der Waals surface area contributed by atoms with Crippen LogP contribution < -0.4 is 4.74 Å². The van der Waals surface area contributed by atoms with Crippen LogP contribution in [0.25, 0.3) is 0 Å². The molecule has 1 atom stereocenters. The Morgan fingerprint density at radius 2 is 2.17 bits per heavy atom. The molecule has 0 N–H and O–H groups in total. The highest BCUT2D eigenvalue weighted by atomic mass is 35.5. The van der Waals surface area contributed by atoms with Crippen LogP contribution >= 0.6 is 11.6 Å². The van der Waals surface area contributed by atoms with Gasteiger partial charge in [0.2, 0.25) is 0 Å². The molecule has 0 amide bonds. The Hall–Kier alpha value is -1.73. The number of nitrogens with zero attached hydrogens (tertiary/aromatic N) is 1. The van der Waals surface area contributed by atoms with E-state index in [9.17, 15) is 4.79 Å². The molecule has 0 spiro atoms. The van der Waals surface area contributed by atoms with E-state index < -0.39 is 11.4 Å². The van der Waals surface area contributed by atoms with E-state index in [4.69, 9.17) is 21.6 Å². The normalized spacial score (nSPS) is 13.3. The van der Waals surface area contributed by atoms with Crippen molar-refractivity contribution in [2.45, 2.75) is 13.3 Å². The maximum atomic E-state index is 11.6. The predicted octanol–water partition coefficient (Wildman–Crippen LogP) is 2.59. The third-order valence-electron chi connectivity index (χ3n) is 2.67. The molecule has 96 valence electrons. The molecule has 0 saturated carbocycles. The van der Waals surface area contributed by atoms with Gasteiger partial charge < -0.3 is 9.47 Å². The molecule has 5 heteroatoms. The van der Waals surface area contributed by atoms with Crippen LogP contribution in [-0.4, -0.2) is 20.2 Å². The van der Waals surface area contributed by atoms with Crippen LogP contribution in [0.1, 0.15) is 12.5 Å². The zero-order valence-electron chi connectivity index (χ0n) is 10.5. The van der Waals surface area contributed by atoms with E-state index in [1.54, 1.807) is 18.2 Å². The largest absolute Gasteiger partial charge is 0.496 e. The lowest BCUT2D eigenvalue weighted by Crippen LogP contribution is -2.30. The van der Waals surface area contributed by atoms with Crippen molar-refractivity contribution in [3.05, 3.63) is 28.8 Å². The summed E-state index contributed by atoms with van der Waals surface area (Å²) in [6.07, 6.45) is 0.180. The van der Waals surface area contributed by atoms with Crippen LogP contribution in [0.5, 0.6) is 5.75 Å². The van der Waals surface area contributed by atoms with Crippen LogP contribution in [0.3, 0.4) is 0 Å². The molecular weight excluding hydrogens is 254 g/mol. The van der Waals surface area contributed by atoms with E-state index in [0.717, 1.165) is 0 Å². The fraction of sp³-hybridized carbons (Fsp3) is 0.385. The Labute approximate surface area is 111 Å². The zero-order chi connectivity index (χ0) is 13.8. The number of nitriles is 1. The van der Waals surface area contributed by atoms with Crippen molar-refractivity contribution in [1.82, 2.24) is 0 Å². The maximum Gasteiger partial charge on any atom is 0.326 e. The average Bonchev–Trinajstić information content (AvgIpc) is 2.37. The van der Waals surface area contributed by atoms with Gasteiger partial charge in [-0.1, -0.05) is 11.6 Å². The van der Waals surface area contributed by atoms with Gasteiger partial charge >= 0.3 is 5.97 Å². The topological polar surface area (TPSA) is 59.3 Å². The summed E-state index contributed by atoms with van der Waals surface area (Å²) in [5.41, 5.74) is -0.563. The Kier molecular flexibility index (Phi) is 4.57. The first kappa shape index (κ1) is 14.3. The van der Waals surface area contributed by atoms with Gasteiger partial charge in [0.15, 0.2) is 5.41 Å².